The molecule has 0 saturated carbocycles. The molecule has 0 aliphatic carbocycles. The molecule has 0 saturated heterocycles. The fourth-order valence-corrected chi connectivity index (χ4v) is 1.54. The zero-order valence-electron chi connectivity index (χ0n) is 11.8. The Bertz CT molecular complexity index is 528. The molecule has 0 heterocycles. The van der Waals surface area contributed by atoms with E-state index in [4.69, 9.17) is 9.84 Å². The van der Waals surface area contributed by atoms with Gasteiger partial charge in [-0.25, -0.2) is 9.18 Å². The van der Waals surface area contributed by atoms with Crippen LogP contribution in [0.4, 0.5) is 4.39 Å². The lowest BCUT2D eigenvalue weighted by Crippen LogP contribution is -2.29. The van der Waals surface area contributed by atoms with Crippen LogP contribution < -0.4 is 10.1 Å². The number of unbranched alkanes of at least 4 members (excludes halogenated alkanes) is 1. The summed E-state index contributed by atoms with van der Waals surface area (Å²) < 4.78 is 18.6. The molecule has 0 atom stereocenters. The van der Waals surface area contributed by atoms with E-state index in [1.54, 1.807) is 0 Å². The Kier molecular flexibility index (Phi) is 6.94. The summed E-state index contributed by atoms with van der Waals surface area (Å²) in [5, 5.41) is 11.2. The number of carboxylic acid groups (broad SMARTS) is 1. The minimum Gasteiger partial charge on any atom is -0.484 e. The molecule has 5 nitrogen and oxygen atoms in total. The van der Waals surface area contributed by atoms with Crippen LogP contribution in [0.5, 0.6) is 5.75 Å². The Hall–Kier alpha value is -2.37. The van der Waals surface area contributed by atoms with Gasteiger partial charge >= 0.3 is 5.97 Å². The van der Waals surface area contributed by atoms with E-state index in [1.165, 1.54) is 18.2 Å². The van der Waals surface area contributed by atoms with Crippen LogP contribution in [0.2, 0.25) is 0 Å². The van der Waals surface area contributed by atoms with E-state index in [2.05, 4.69) is 5.32 Å². The third-order valence-corrected chi connectivity index (χ3v) is 2.53. The summed E-state index contributed by atoms with van der Waals surface area (Å²) in [5.74, 6) is -1.80. The number of nitrogens with one attached hydrogen (secondary N) is 1. The second-order valence-electron chi connectivity index (χ2n) is 4.38. The second kappa shape index (κ2) is 8.73. The maximum atomic E-state index is 13.4. The van der Waals surface area contributed by atoms with Gasteiger partial charge in [-0.05, 0) is 30.2 Å². The van der Waals surface area contributed by atoms with Crippen molar-refractivity contribution in [3.8, 4) is 5.75 Å². The Morgan fingerprint density at radius 2 is 2.14 bits per heavy atom. The lowest BCUT2D eigenvalue weighted by atomic mass is 10.2. The first-order valence-corrected chi connectivity index (χ1v) is 6.62. The normalized spacial score (nSPS) is 10.6. The highest BCUT2D eigenvalue weighted by Crippen LogP contribution is 2.17. The van der Waals surface area contributed by atoms with Crippen LogP contribution in [0.25, 0.3) is 6.08 Å². The second-order valence-corrected chi connectivity index (χ2v) is 4.38. The molecule has 0 spiro atoms. The maximum absolute atomic E-state index is 13.4. The summed E-state index contributed by atoms with van der Waals surface area (Å²) in [4.78, 5) is 21.9. The summed E-state index contributed by atoms with van der Waals surface area (Å²) in [5.41, 5.74) is 0.346. The van der Waals surface area contributed by atoms with Crippen molar-refractivity contribution in [3.63, 3.8) is 0 Å². The number of amides is 1. The van der Waals surface area contributed by atoms with E-state index in [0.29, 0.717) is 12.1 Å². The minimum absolute atomic E-state index is 0.172. The summed E-state index contributed by atoms with van der Waals surface area (Å²) in [6.07, 6.45) is 4.01. The number of hydrogen-bond donors (Lipinski definition) is 2. The molecule has 0 radical (unpaired) electrons. The molecule has 1 aromatic carbocycles. The van der Waals surface area contributed by atoms with Crippen molar-refractivity contribution in [3.05, 3.63) is 35.7 Å². The standard InChI is InChI=1S/C15H18FNO4/c1-2-3-6-17-14(18)10-21-13-8-11(4-5-15(19)20)7-12(16)9-13/h4-5,7-9H,2-3,6,10H2,1H3,(H,17,18)(H,19,20)/b5-4+. The number of carboxylic acids is 1. The van der Waals surface area contributed by atoms with Gasteiger partial charge in [0.15, 0.2) is 6.61 Å². The van der Waals surface area contributed by atoms with Crippen LogP contribution >= 0.6 is 0 Å². The molecule has 2 N–H and O–H groups in total. The Balaban J connectivity index is 2.58. The lowest BCUT2D eigenvalue weighted by Gasteiger charge is -2.08. The van der Waals surface area contributed by atoms with E-state index < -0.39 is 11.8 Å². The van der Waals surface area contributed by atoms with E-state index in [0.717, 1.165) is 25.0 Å². The van der Waals surface area contributed by atoms with Crippen molar-refractivity contribution in [2.45, 2.75) is 19.8 Å². The molecule has 1 aromatic rings. The largest absolute Gasteiger partial charge is 0.484 e. The number of hydrogen-bond acceptors (Lipinski definition) is 3. The van der Waals surface area contributed by atoms with Gasteiger partial charge in [-0.3, -0.25) is 4.79 Å². The van der Waals surface area contributed by atoms with E-state index in [1.807, 2.05) is 6.92 Å². The molecule has 1 rings (SSSR count). The fraction of sp³-hybridized carbons (Fsp3) is 0.333. The molecule has 0 aliphatic rings. The van der Waals surface area contributed by atoms with E-state index in [9.17, 15) is 14.0 Å². The topological polar surface area (TPSA) is 75.6 Å². The van der Waals surface area contributed by atoms with Gasteiger partial charge in [0.05, 0.1) is 0 Å². The van der Waals surface area contributed by atoms with Crippen molar-refractivity contribution in [1.82, 2.24) is 5.32 Å². The molecule has 0 fully saturated rings. The van der Waals surface area contributed by atoms with Gasteiger partial charge in [0.25, 0.3) is 5.91 Å². The van der Waals surface area contributed by atoms with Crippen molar-refractivity contribution in [1.29, 1.82) is 0 Å². The molecule has 0 aromatic heterocycles. The number of halogens is 1. The first-order chi connectivity index (χ1) is 10.0. The van der Waals surface area contributed by atoms with Gasteiger partial charge in [0, 0.05) is 18.7 Å². The molecular weight excluding hydrogens is 277 g/mol. The number of rotatable bonds is 8. The molecular formula is C15H18FNO4. The van der Waals surface area contributed by atoms with Crippen LogP contribution in [0.1, 0.15) is 25.3 Å². The molecule has 21 heavy (non-hydrogen) atoms. The van der Waals surface area contributed by atoms with Crippen molar-refractivity contribution >= 4 is 18.0 Å². The molecule has 6 heteroatoms. The molecule has 0 aliphatic heterocycles. The number of aliphatic carboxylic acids is 1. The SMILES string of the molecule is CCCCNC(=O)COc1cc(F)cc(/C=C/C(=O)O)c1. The first kappa shape index (κ1) is 16.7. The maximum Gasteiger partial charge on any atom is 0.328 e. The van der Waals surface area contributed by atoms with Gasteiger partial charge in [0.1, 0.15) is 11.6 Å². The van der Waals surface area contributed by atoms with Gasteiger partial charge in [-0.1, -0.05) is 13.3 Å². The summed E-state index contributed by atoms with van der Waals surface area (Å²) in [7, 11) is 0. The Labute approximate surface area is 122 Å². The lowest BCUT2D eigenvalue weighted by molar-refractivity contribution is -0.131. The van der Waals surface area contributed by atoms with Gasteiger partial charge in [-0.15, -0.1) is 0 Å². The van der Waals surface area contributed by atoms with Gasteiger partial charge in [-0.2, -0.15) is 0 Å². The van der Waals surface area contributed by atoms with Gasteiger partial charge in [0.2, 0.25) is 0 Å². The summed E-state index contributed by atoms with van der Waals surface area (Å²) >= 11 is 0. The smallest absolute Gasteiger partial charge is 0.328 e. The van der Waals surface area contributed by atoms with Crippen LogP contribution in [0.3, 0.4) is 0 Å². The Morgan fingerprint density at radius 1 is 1.38 bits per heavy atom. The van der Waals surface area contributed by atoms with E-state index in [-0.39, 0.29) is 18.3 Å². The number of ether oxygens (including phenoxy) is 1. The number of carbonyl (C=O) groups is 2. The summed E-state index contributed by atoms with van der Waals surface area (Å²) in [6.45, 7) is 2.38. The summed E-state index contributed by atoms with van der Waals surface area (Å²) in [6, 6.07) is 3.77. The number of carbonyl (C=O) groups excluding carboxylic acids is 1. The quantitative estimate of drug-likeness (QED) is 0.569. The monoisotopic (exact) mass is 295 g/mol. The van der Waals surface area contributed by atoms with Crippen LogP contribution in [0, 0.1) is 5.82 Å². The predicted octanol–water partition coefficient (Wildman–Crippen LogP) is 2.22. The van der Waals surface area contributed by atoms with Gasteiger partial charge < -0.3 is 15.2 Å². The fourth-order valence-electron chi connectivity index (χ4n) is 1.54. The first-order valence-electron chi connectivity index (χ1n) is 6.62. The zero-order chi connectivity index (χ0) is 15.7. The predicted molar refractivity (Wildman–Crippen MR) is 76.5 cm³/mol. The highest BCUT2D eigenvalue weighted by atomic mass is 19.1. The third-order valence-electron chi connectivity index (χ3n) is 2.53. The highest BCUT2D eigenvalue weighted by molar-refractivity contribution is 5.85. The van der Waals surface area contributed by atoms with Crippen LogP contribution in [-0.2, 0) is 9.59 Å². The van der Waals surface area contributed by atoms with Crippen molar-refractivity contribution in [2.75, 3.05) is 13.2 Å². The Morgan fingerprint density at radius 3 is 2.81 bits per heavy atom. The third kappa shape index (κ3) is 7.10. The van der Waals surface area contributed by atoms with Crippen molar-refractivity contribution in [2.24, 2.45) is 0 Å². The van der Waals surface area contributed by atoms with E-state index >= 15 is 0 Å². The average molecular weight is 295 g/mol. The van der Waals surface area contributed by atoms with Crippen molar-refractivity contribution < 1.29 is 23.8 Å². The highest BCUT2D eigenvalue weighted by Gasteiger charge is 2.04. The number of benzene rings is 1. The zero-order valence-corrected chi connectivity index (χ0v) is 11.8. The minimum atomic E-state index is -1.13. The molecule has 0 unspecified atom stereocenters. The van der Waals surface area contributed by atoms with Crippen LogP contribution in [0.15, 0.2) is 24.3 Å². The van der Waals surface area contributed by atoms with Crippen LogP contribution in [-0.4, -0.2) is 30.1 Å². The molecule has 1 amide bonds. The average Bonchev–Trinajstić information content (AvgIpc) is 2.43. The molecule has 0 bridgehead atoms. The molecule has 114 valence electrons.